The van der Waals surface area contributed by atoms with Crippen LogP contribution in [0.1, 0.15) is 12.0 Å². The Kier molecular flexibility index (Phi) is 3.63. The number of carbonyl (C=O) groups is 2. The van der Waals surface area contributed by atoms with Gasteiger partial charge in [0.25, 0.3) is 15.9 Å². The van der Waals surface area contributed by atoms with Crippen molar-refractivity contribution in [1.82, 2.24) is 4.31 Å². The molecule has 0 aliphatic carbocycles. The molecule has 0 fully saturated rings. The van der Waals surface area contributed by atoms with Gasteiger partial charge in [-0.1, -0.05) is 23.8 Å². The molecule has 20 heavy (non-hydrogen) atoms. The summed E-state index contributed by atoms with van der Waals surface area (Å²) in [4.78, 5) is 22.4. The number of carboxylic acid groups (broad SMARTS) is 1. The number of aryl methyl sites for hydroxylation is 1. The van der Waals surface area contributed by atoms with Crippen molar-refractivity contribution in [2.75, 3.05) is 0 Å². The van der Waals surface area contributed by atoms with Gasteiger partial charge in [0, 0.05) is 6.08 Å². The number of aliphatic carboxylic acids is 1. The summed E-state index contributed by atoms with van der Waals surface area (Å²) in [5.74, 6) is -1.89. The Morgan fingerprint density at radius 2 is 1.90 bits per heavy atom. The van der Waals surface area contributed by atoms with E-state index in [1.165, 1.54) is 18.2 Å². The minimum atomic E-state index is -4.04. The first-order valence-electron chi connectivity index (χ1n) is 5.87. The summed E-state index contributed by atoms with van der Waals surface area (Å²) in [6.07, 6.45) is 1.93. The predicted molar refractivity (Wildman–Crippen MR) is 70.4 cm³/mol. The van der Waals surface area contributed by atoms with Gasteiger partial charge in [0.15, 0.2) is 0 Å². The van der Waals surface area contributed by atoms with E-state index in [0.29, 0.717) is 4.31 Å². The Bertz CT molecular complexity index is 675. The van der Waals surface area contributed by atoms with E-state index in [-0.39, 0.29) is 4.90 Å². The Labute approximate surface area is 116 Å². The van der Waals surface area contributed by atoms with Crippen LogP contribution in [-0.4, -0.2) is 35.7 Å². The molecular weight excluding hydrogens is 282 g/mol. The molecule has 0 aromatic heterocycles. The van der Waals surface area contributed by atoms with E-state index in [1.807, 2.05) is 6.92 Å². The van der Waals surface area contributed by atoms with E-state index >= 15 is 0 Å². The molecule has 7 heteroatoms. The van der Waals surface area contributed by atoms with Crippen LogP contribution < -0.4 is 0 Å². The van der Waals surface area contributed by atoms with Crippen molar-refractivity contribution >= 4 is 21.9 Å². The van der Waals surface area contributed by atoms with Gasteiger partial charge < -0.3 is 5.11 Å². The van der Waals surface area contributed by atoms with Crippen molar-refractivity contribution in [1.29, 1.82) is 0 Å². The van der Waals surface area contributed by atoms with Gasteiger partial charge in [-0.3, -0.25) is 9.59 Å². The summed E-state index contributed by atoms with van der Waals surface area (Å²) in [5.41, 5.74) is 0.886. The van der Waals surface area contributed by atoms with Crippen LogP contribution in [0.5, 0.6) is 0 Å². The van der Waals surface area contributed by atoms with Gasteiger partial charge in [0.2, 0.25) is 0 Å². The first kappa shape index (κ1) is 14.3. The van der Waals surface area contributed by atoms with Crippen molar-refractivity contribution in [2.45, 2.75) is 24.3 Å². The van der Waals surface area contributed by atoms with E-state index in [0.717, 1.165) is 11.6 Å². The standard InChI is InChI=1S/C13H13NO5S/c1-9-2-5-11(6-3-9)20(18,19)14-10(8-13(16)17)4-7-12(14)15/h2-7,10H,8H2,1H3,(H,16,17). The van der Waals surface area contributed by atoms with Crippen LogP contribution in [0.3, 0.4) is 0 Å². The zero-order valence-electron chi connectivity index (χ0n) is 10.7. The molecule has 1 heterocycles. The maximum atomic E-state index is 12.4. The molecule has 1 N–H and O–H groups in total. The highest BCUT2D eigenvalue weighted by Crippen LogP contribution is 2.25. The van der Waals surface area contributed by atoms with Crippen LogP contribution in [0.4, 0.5) is 0 Å². The van der Waals surface area contributed by atoms with Crippen molar-refractivity contribution < 1.29 is 23.1 Å². The number of nitrogens with zero attached hydrogens (tertiary/aromatic N) is 1. The minimum Gasteiger partial charge on any atom is -0.481 e. The molecule has 1 aliphatic rings. The second-order valence-corrected chi connectivity index (χ2v) is 6.29. The molecule has 0 saturated heterocycles. The fourth-order valence-electron chi connectivity index (χ4n) is 1.96. The van der Waals surface area contributed by atoms with Gasteiger partial charge in [-0.05, 0) is 19.1 Å². The van der Waals surface area contributed by atoms with Crippen molar-refractivity contribution in [3.63, 3.8) is 0 Å². The van der Waals surface area contributed by atoms with Gasteiger partial charge >= 0.3 is 5.97 Å². The number of amides is 1. The summed E-state index contributed by atoms with van der Waals surface area (Å²) >= 11 is 0. The highest BCUT2D eigenvalue weighted by Gasteiger charge is 2.38. The van der Waals surface area contributed by atoms with E-state index in [4.69, 9.17) is 5.11 Å². The van der Waals surface area contributed by atoms with Crippen LogP contribution in [-0.2, 0) is 19.6 Å². The van der Waals surface area contributed by atoms with Crippen LogP contribution in [0.2, 0.25) is 0 Å². The van der Waals surface area contributed by atoms with Crippen LogP contribution in [0.15, 0.2) is 41.3 Å². The first-order valence-corrected chi connectivity index (χ1v) is 7.31. The molecule has 1 atom stereocenters. The number of hydrogen-bond acceptors (Lipinski definition) is 4. The summed E-state index contributed by atoms with van der Waals surface area (Å²) in [5, 5.41) is 8.78. The van der Waals surface area contributed by atoms with E-state index < -0.39 is 34.4 Å². The average Bonchev–Trinajstić information content (AvgIpc) is 2.70. The molecule has 1 unspecified atom stereocenters. The smallest absolute Gasteiger partial charge is 0.305 e. The van der Waals surface area contributed by atoms with Crippen molar-refractivity contribution in [2.24, 2.45) is 0 Å². The number of carboxylic acids is 1. The maximum Gasteiger partial charge on any atom is 0.305 e. The molecule has 106 valence electrons. The van der Waals surface area contributed by atoms with Gasteiger partial charge in [0.1, 0.15) is 0 Å². The van der Waals surface area contributed by atoms with E-state index in [9.17, 15) is 18.0 Å². The lowest BCUT2D eigenvalue weighted by Crippen LogP contribution is -2.40. The van der Waals surface area contributed by atoms with Crippen LogP contribution in [0, 0.1) is 6.92 Å². The summed E-state index contributed by atoms with van der Waals surface area (Å²) < 4.78 is 25.5. The van der Waals surface area contributed by atoms with E-state index in [2.05, 4.69) is 0 Å². The van der Waals surface area contributed by atoms with Crippen molar-refractivity contribution in [3.05, 3.63) is 42.0 Å². The summed E-state index contributed by atoms with van der Waals surface area (Å²) in [6.45, 7) is 1.81. The highest BCUT2D eigenvalue weighted by molar-refractivity contribution is 7.89. The topological polar surface area (TPSA) is 91.8 Å². The summed E-state index contributed by atoms with van der Waals surface area (Å²) in [7, 11) is -4.04. The third kappa shape index (κ3) is 2.57. The van der Waals surface area contributed by atoms with Gasteiger partial charge in [-0.25, -0.2) is 12.7 Å². The third-order valence-corrected chi connectivity index (χ3v) is 4.78. The molecule has 0 radical (unpaired) electrons. The fourth-order valence-corrected chi connectivity index (χ4v) is 3.47. The Morgan fingerprint density at radius 1 is 1.30 bits per heavy atom. The van der Waals surface area contributed by atoms with Gasteiger partial charge in [-0.15, -0.1) is 0 Å². The lowest BCUT2D eigenvalue weighted by molar-refractivity contribution is -0.137. The molecule has 1 amide bonds. The Balaban J connectivity index is 2.39. The monoisotopic (exact) mass is 295 g/mol. The van der Waals surface area contributed by atoms with Crippen LogP contribution >= 0.6 is 0 Å². The quantitative estimate of drug-likeness (QED) is 0.892. The zero-order valence-corrected chi connectivity index (χ0v) is 11.5. The third-order valence-electron chi connectivity index (χ3n) is 2.94. The Hall–Kier alpha value is -2.15. The molecule has 0 spiro atoms. The molecule has 0 bridgehead atoms. The number of carbonyl (C=O) groups excluding carboxylic acids is 1. The SMILES string of the molecule is Cc1ccc(S(=O)(=O)N2C(=O)C=CC2CC(=O)O)cc1. The Morgan fingerprint density at radius 3 is 2.45 bits per heavy atom. The maximum absolute atomic E-state index is 12.4. The number of benzene rings is 1. The minimum absolute atomic E-state index is 0.0319. The van der Waals surface area contributed by atoms with Gasteiger partial charge in [-0.2, -0.15) is 0 Å². The normalized spacial score (nSPS) is 18.6. The number of hydrogen-bond donors (Lipinski definition) is 1. The second-order valence-electron chi connectivity index (χ2n) is 4.48. The lowest BCUT2D eigenvalue weighted by Gasteiger charge is -2.23. The summed E-state index contributed by atoms with van der Waals surface area (Å²) in [6, 6.07) is 5.05. The van der Waals surface area contributed by atoms with Gasteiger partial charge in [0.05, 0.1) is 17.4 Å². The van der Waals surface area contributed by atoms with Crippen LogP contribution in [0.25, 0.3) is 0 Å². The second kappa shape index (κ2) is 5.09. The number of rotatable bonds is 4. The lowest BCUT2D eigenvalue weighted by atomic mass is 10.2. The van der Waals surface area contributed by atoms with E-state index in [1.54, 1.807) is 12.1 Å². The molecule has 1 aromatic carbocycles. The van der Waals surface area contributed by atoms with Crippen molar-refractivity contribution in [3.8, 4) is 0 Å². The molecule has 1 aromatic rings. The molecular formula is C13H13NO5S. The first-order chi connectivity index (χ1) is 9.32. The molecule has 1 aliphatic heterocycles. The molecule has 6 nitrogen and oxygen atoms in total. The largest absolute Gasteiger partial charge is 0.481 e. The molecule has 0 saturated carbocycles. The molecule has 2 rings (SSSR count). The average molecular weight is 295 g/mol. The predicted octanol–water partition coefficient (Wildman–Crippen LogP) is 0.925. The highest BCUT2D eigenvalue weighted by atomic mass is 32.2. The fraction of sp³-hybridized carbons (Fsp3) is 0.231. The zero-order chi connectivity index (χ0) is 14.9. The number of sulfonamides is 1.